The summed E-state index contributed by atoms with van der Waals surface area (Å²) in [5.41, 5.74) is 5.28. The molecule has 2 aliphatic rings. The predicted octanol–water partition coefficient (Wildman–Crippen LogP) is 2.98. The van der Waals surface area contributed by atoms with E-state index in [0.717, 1.165) is 35.8 Å². The number of aliphatic imine (C=N–C) groups is 1. The van der Waals surface area contributed by atoms with E-state index in [1.165, 1.54) is 17.3 Å². The Morgan fingerprint density at radius 3 is 2.32 bits per heavy atom. The van der Waals surface area contributed by atoms with E-state index in [2.05, 4.69) is 39.9 Å². The number of carboxylic acids is 1. The number of hydrogen-bond acceptors (Lipinski definition) is 5. The topological polar surface area (TPSA) is 102 Å². The van der Waals surface area contributed by atoms with E-state index in [1.807, 2.05) is 60.7 Å². The van der Waals surface area contributed by atoms with Gasteiger partial charge in [0.25, 0.3) is 11.9 Å². The molecular weight excluding hydrogens is 497 g/mol. The van der Waals surface area contributed by atoms with Crippen molar-refractivity contribution in [1.82, 2.24) is 0 Å². The van der Waals surface area contributed by atoms with E-state index >= 15 is 0 Å². The number of aliphatic carboxylic acids is 1. The molecule has 0 spiro atoms. The fourth-order valence-corrected chi connectivity index (χ4v) is 4.48. The Hall–Kier alpha value is -2.72. The number of carbonyl (C=O) groups excluding carboxylic acids is 1. The van der Waals surface area contributed by atoms with Crippen molar-refractivity contribution in [2.24, 2.45) is 4.99 Å². The molecule has 1 atom stereocenters. The molecule has 0 saturated carbocycles. The van der Waals surface area contributed by atoms with Crippen LogP contribution in [0.5, 0.6) is 0 Å². The number of amidine groups is 1. The summed E-state index contributed by atoms with van der Waals surface area (Å²) in [5, 5.41) is 15.6. The average molecular weight is 524 g/mol. The molecule has 3 aromatic rings. The molecule has 1 fully saturated rings. The maximum Gasteiger partial charge on any atom is 1.00 e. The van der Waals surface area contributed by atoms with Crippen LogP contribution < -0.4 is 34.9 Å². The molecule has 3 aromatic carbocycles. The van der Waals surface area contributed by atoms with Gasteiger partial charge in [-0.15, -0.1) is 13.1 Å². The van der Waals surface area contributed by atoms with Gasteiger partial charge in [0.05, 0.1) is 11.0 Å². The van der Waals surface area contributed by atoms with E-state index in [0.29, 0.717) is 23.2 Å². The Morgan fingerprint density at radius 2 is 1.70 bits per heavy atom. The molecule has 184 valence electrons. The number of nitrogens with zero attached hydrogens (tertiary/aromatic N) is 2. The number of benzene rings is 3. The van der Waals surface area contributed by atoms with E-state index in [4.69, 9.17) is 14.6 Å². The number of ether oxygens (including phenoxy) is 1. The Bertz CT molecular complexity index is 1250. The molecule has 9 heteroatoms. The number of anilines is 1. The minimum Gasteiger partial charge on any atom is -0.658 e. The summed E-state index contributed by atoms with van der Waals surface area (Å²) in [6.45, 7) is 3.23. The SMILES string of the molecule is CC(=O)O.O=C1N=C(Nc2ccc(C3C[N-]CCO3)cc2)S/C1=C/c1ccc(-c2ccccc2)cc1.[Na+]. The van der Waals surface area contributed by atoms with Crippen molar-refractivity contribution in [2.45, 2.75) is 13.0 Å². The molecule has 1 saturated heterocycles. The van der Waals surface area contributed by atoms with Crippen LogP contribution in [0.2, 0.25) is 0 Å². The van der Waals surface area contributed by atoms with Crippen molar-refractivity contribution in [2.75, 3.05) is 25.0 Å². The van der Waals surface area contributed by atoms with Crippen LogP contribution >= 0.6 is 11.8 Å². The van der Waals surface area contributed by atoms with Gasteiger partial charge in [0, 0.05) is 19.2 Å². The fraction of sp³-hybridized carbons (Fsp3) is 0.179. The van der Waals surface area contributed by atoms with Crippen LogP contribution in [0.1, 0.15) is 24.2 Å². The largest absolute Gasteiger partial charge is 1.00 e. The fourth-order valence-electron chi connectivity index (χ4n) is 3.64. The first-order valence-electron chi connectivity index (χ1n) is 11.5. The van der Waals surface area contributed by atoms with Gasteiger partial charge < -0.3 is 20.5 Å². The van der Waals surface area contributed by atoms with Crippen LogP contribution in [0.25, 0.3) is 22.5 Å². The molecule has 7 nitrogen and oxygen atoms in total. The van der Waals surface area contributed by atoms with Crippen molar-refractivity contribution in [1.29, 1.82) is 0 Å². The summed E-state index contributed by atoms with van der Waals surface area (Å²) < 4.78 is 5.76. The summed E-state index contributed by atoms with van der Waals surface area (Å²) in [6, 6.07) is 26.4. The number of nitrogens with one attached hydrogen (secondary N) is 1. The smallest absolute Gasteiger partial charge is 0.658 e. The third-order valence-corrected chi connectivity index (χ3v) is 6.23. The monoisotopic (exact) mass is 523 g/mol. The number of amides is 1. The molecule has 37 heavy (non-hydrogen) atoms. The van der Waals surface area contributed by atoms with Crippen LogP contribution in [0, 0.1) is 0 Å². The molecule has 2 aliphatic heterocycles. The van der Waals surface area contributed by atoms with Gasteiger partial charge in [-0.3, -0.25) is 9.59 Å². The number of hydrogen-bond donors (Lipinski definition) is 2. The first kappa shape index (κ1) is 28.8. The van der Waals surface area contributed by atoms with Crippen molar-refractivity contribution in [3.63, 3.8) is 0 Å². The van der Waals surface area contributed by atoms with Crippen molar-refractivity contribution in [3.8, 4) is 11.1 Å². The summed E-state index contributed by atoms with van der Waals surface area (Å²) in [4.78, 5) is 26.2. The minimum absolute atomic E-state index is 0. The quantitative estimate of drug-likeness (QED) is 0.403. The second kappa shape index (κ2) is 14.3. The van der Waals surface area contributed by atoms with Gasteiger partial charge in [0.15, 0.2) is 5.17 Å². The molecule has 2 heterocycles. The maximum atomic E-state index is 12.4. The number of thioether (sulfide) groups is 1. The molecule has 0 radical (unpaired) electrons. The first-order valence-corrected chi connectivity index (χ1v) is 12.3. The number of morpholine rings is 1. The van der Waals surface area contributed by atoms with Gasteiger partial charge in [0.1, 0.15) is 0 Å². The van der Waals surface area contributed by atoms with Gasteiger partial charge in [-0.1, -0.05) is 66.7 Å². The third-order valence-electron chi connectivity index (χ3n) is 5.33. The summed E-state index contributed by atoms with van der Waals surface area (Å²) in [6.07, 6.45) is 1.91. The predicted molar refractivity (Wildman–Crippen MR) is 145 cm³/mol. The van der Waals surface area contributed by atoms with Crippen LogP contribution in [-0.4, -0.2) is 41.8 Å². The first-order chi connectivity index (χ1) is 17.5. The van der Waals surface area contributed by atoms with Crippen LogP contribution in [0.4, 0.5) is 5.69 Å². The van der Waals surface area contributed by atoms with Gasteiger partial charge in [-0.25, -0.2) is 0 Å². The Labute approximate surface area is 242 Å². The maximum absolute atomic E-state index is 12.4. The van der Waals surface area contributed by atoms with E-state index in [-0.39, 0.29) is 41.6 Å². The summed E-state index contributed by atoms with van der Waals surface area (Å²) >= 11 is 1.35. The van der Waals surface area contributed by atoms with Gasteiger partial charge in [0.2, 0.25) is 0 Å². The average Bonchev–Trinajstić information content (AvgIpc) is 3.24. The van der Waals surface area contributed by atoms with E-state index < -0.39 is 5.97 Å². The van der Waals surface area contributed by atoms with Crippen molar-refractivity contribution in [3.05, 3.63) is 100 Å². The standard InChI is InChI=1S/C26H22N3O2S.C2H4O2.Na/c30-25-24(16-18-6-8-20(9-7-18)19-4-2-1-3-5-19)32-26(29-25)28-22-12-10-21(11-13-22)23-17-27-14-15-31-23;1-2(3)4;/h1-13,16,23H,14-15,17H2,(H,28,29,30);1H3,(H,3,4);/q-1;;+1/b24-16+;;. The molecule has 2 N–H and O–H groups in total. The van der Waals surface area contributed by atoms with E-state index in [1.54, 1.807) is 0 Å². The minimum atomic E-state index is -0.833. The number of carboxylic acid groups (broad SMARTS) is 1. The zero-order chi connectivity index (χ0) is 25.3. The molecule has 1 amide bonds. The van der Waals surface area contributed by atoms with Gasteiger partial charge in [-0.2, -0.15) is 4.99 Å². The molecular formula is C28H26N3NaO4S. The van der Waals surface area contributed by atoms with Crippen molar-refractivity contribution >= 4 is 40.6 Å². The zero-order valence-corrected chi connectivity index (χ0v) is 23.6. The summed E-state index contributed by atoms with van der Waals surface area (Å²) in [7, 11) is 0. The van der Waals surface area contributed by atoms with Crippen LogP contribution in [-0.2, 0) is 14.3 Å². The molecule has 0 aromatic heterocycles. The Balaban J connectivity index is 0.000000711. The number of rotatable bonds is 4. The van der Waals surface area contributed by atoms with Gasteiger partial charge >= 0.3 is 29.6 Å². The van der Waals surface area contributed by atoms with Crippen LogP contribution in [0.3, 0.4) is 0 Å². The van der Waals surface area contributed by atoms with Gasteiger partial charge in [-0.05, 0) is 52.2 Å². The molecule has 0 bridgehead atoms. The van der Waals surface area contributed by atoms with Crippen LogP contribution in [0.15, 0.2) is 88.8 Å². The molecule has 0 aliphatic carbocycles. The normalized spacial score (nSPS) is 17.8. The Morgan fingerprint density at radius 1 is 1.05 bits per heavy atom. The molecule has 5 rings (SSSR count). The summed E-state index contributed by atoms with van der Waals surface area (Å²) in [5.74, 6) is -1.06. The number of carbonyl (C=O) groups is 2. The molecule has 1 unspecified atom stereocenters. The second-order valence-electron chi connectivity index (χ2n) is 8.08. The van der Waals surface area contributed by atoms with Crippen molar-refractivity contribution < 1.29 is 49.0 Å². The second-order valence-corrected chi connectivity index (χ2v) is 9.11. The van der Waals surface area contributed by atoms with E-state index in [9.17, 15) is 4.79 Å². The Kier molecular flexibility index (Phi) is 11.1. The zero-order valence-electron chi connectivity index (χ0n) is 20.8. The third kappa shape index (κ3) is 8.67.